The first kappa shape index (κ1) is 13.7. The molecule has 1 aromatic rings. The van der Waals surface area contributed by atoms with Crippen LogP contribution in [0.1, 0.15) is 55.1 Å². The molecule has 1 unspecified atom stereocenters. The highest BCUT2D eigenvalue weighted by atomic mass is 16.2. The van der Waals surface area contributed by atoms with Gasteiger partial charge in [-0.3, -0.25) is 4.79 Å². The molecular weight excluding hydrogens is 250 g/mol. The largest absolute Gasteiger partial charge is 0.341 e. The first-order valence-corrected chi connectivity index (χ1v) is 7.89. The van der Waals surface area contributed by atoms with E-state index in [1.54, 1.807) is 0 Å². The monoisotopic (exact) mass is 275 g/mol. The minimum Gasteiger partial charge on any atom is -0.341 e. The molecule has 1 aliphatic heterocycles. The standard InChI is InChI=1S/C16H25N3O/c1-12-10-13-14(17)6-5-7-15(13)19(12)11-16(20)18-8-3-2-4-9-18/h10,14H,2-9,11,17H2,1H3. The van der Waals surface area contributed by atoms with Gasteiger partial charge in [-0.2, -0.15) is 0 Å². The summed E-state index contributed by atoms with van der Waals surface area (Å²) in [6.45, 7) is 4.45. The third kappa shape index (κ3) is 2.49. The van der Waals surface area contributed by atoms with Crippen LogP contribution in [-0.4, -0.2) is 28.5 Å². The van der Waals surface area contributed by atoms with Gasteiger partial charge in [0.05, 0.1) is 0 Å². The predicted octanol–water partition coefficient (Wildman–Crippen LogP) is 2.15. The van der Waals surface area contributed by atoms with Gasteiger partial charge in [-0.15, -0.1) is 0 Å². The number of hydrogen-bond acceptors (Lipinski definition) is 2. The van der Waals surface area contributed by atoms with E-state index < -0.39 is 0 Å². The summed E-state index contributed by atoms with van der Waals surface area (Å²) >= 11 is 0. The summed E-state index contributed by atoms with van der Waals surface area (Å²) in [6, 6.07) is 2.34. The number of carbonyl (C=O) groups is 1. The Balaban J connectivity index is 1.78. The molecule has 0 saturated carbocycles. The van der Waals surface area contributed by atoms with E-state index in [1.807, 2.05) is 4.90 Å². The molecule has 3 rings (SSSR count). The number of likely N-dealkylation sites (tertiary alicyclic amines) is 1. The predicted molar refractivity (Wildman–Crippen MR) is 79.5 cm³/mol. The Morgan fingerprint density at radius 3 is 2.80 bits per heavy atom. The van der Waals surface area contributed by atoms with E-state index in [1.165, 1.54) is 23.4 Å². The number of piperidine rings is 1. The number of carbonyl (C=O) groups excluding carboxylic acids is 1. The van der Waals surface area contributed by atoms with E-state index in [4.69, 9.17) is 5.73 Å². The van der Waals surface area contributed by atoms with Crippen LogP contribution >= 0.6 is 0 Å². The summed E-state index contributed by atoms with van der Waals surface area (Å²) in [5.41, 5.74) is 9.93. The van der Waals surface area contributed by atoms with Crippen molar-refractivity contribution in [1.29, 1.82) is 0 Å². The number of nitrogens with zero attached hydrogens (tertiary/aromatic N) is 2. The van der Waals surface area contributed by atoms with Crippen LogP contribution in [0.5, 0.6) is 0 Å². The van der Waals surface area contributed by atoms with Gasteiger partial charge < -0.3 is 15.2 Å². The Morgan fingerprint density at radius 1 is 1.30 bits per heavy atom. The van der Waals surface area contributed by atoms with Crippen molar-refractivity contribution >= 4 is 5.91 Å². The fourth-order valence-corrected chi connectivity index (χ4v) is 3.60. The second kappa shape index (κ2) is 5.60. The van der Waals surface area contributed by atoms with Gasteiger partial charge in [-0.05, 0) is 57.1 Å². The van der Waals surface area contributed by atoms with Crippen molar-refractivity contribution in [3.05, 3.63) is 23.0 Å². The Labute approximate surface area is 120 Å². The van der Waals surface area contributed by atoms with Gasteiger partial charge in [0.2, 0.25) is 5.91 Å². The lowest BCUT2D eigenvalue weighted by Gasteiger charge is -2.28. The Morgan fingerprint density at radius 2 is 2.05 bits per heavy atom. The molecule has 1 saturated heterocycles. The van der Waals surface area contributed by atoms with Crippen molar-refractivity contribution in [2.24, 2.45) is 5.73 Å². The summed E-state index contributed by atoms with van der Waals surface area (Å²) in [5.74, 6) is 0.269. The van der Waals surface area contributed by atoms with Crippen LogP contribution in [0.3, 0.4) is 0 Å². The zero-order valence-corrected chi connectivity index (χ0v) is 12.4. The van der Waals surface area contributed by atoms with Gasteiger partial charge in [0, 0.05) is 30.5 Å². The maximum absolute atomic E-state index is 12.5. The molecule has 1 fully saturated rings. The third-order valence-electron chi connectivity index (χ3n) is 4.78. The molecule has 20 heavy (non-hydrogen) atoms. The number of aromatic nitrogens is 1. The summed E-state index contributed by atoms with van der Waals surface area (Å²) < 4.78 is 2.20. The first-order chi connectivity index (χ1) is 9.66. The Hall–Kier alpha value is -1.29. The van der Waals surface area contributed by atoms with E-state index >= 15 is 0 Å². The van der Waals surface area contributed by atoms with Gasteiger partial charge in [0.1, 0.15) is 6.54 Å². The number of hydrogen-bond donors (Lipinski definition) is 1. The molecule has 0 bridgehead atoms. The number of rotatable bonds is 2. The highest BCUT2D eigenvalue weighted by Gasteiger charge is 2.24. The highest BCUT2D eigenvalue weighted by molar-refractivity contribution is 5.76. The summed E-state index contributed by atoms with van der Waals surface area (Å²) in [7, 11) is 0. The molecular formula is C16H25N3O. The van der Waals surface area contributed by atoms with Crippen molar-refractivity contribution in [2.45, 2.75) is 58.0 Å². The van der Waals surface area contributed by atoms with Crippen LogP contribution in [0.4, 0.5) is 0 Å². The number of aryl methyl sites for hydroxylation is 1. The van der Waals surface area contributed by atoms with Gasteiger partial charge >= 0.3 is 0 Å². The fraction of sp³-hybridized carbons (Fsp3) is 0.688. The first-order valence-electron chi connectivity index (χ1n) is 7.89. The molecule has 1 aromatic heterocycles. The van der Waals surface area contributed by atoms with Gasteiger partial charge in [0.15, 0.2) is 0 Å². The van der Waals surface area contributed by atoms with E-state index in [2.05, 4.69) is 17.6 Å². The quantitative estimate of drug-likeness (QED) is 0.899. The second-order valence-corrected chi connectivity index (χ2v) is 6.21. The second-order valence-electron chi connectivity index (χ2n) is 6.21. The average molecular weight is 275 g/mol. The van der Waals surface area contributed by atoms with Crippen LogP contribution in [0, 0.1) is 6.92 Å². The van der Waals surface area contributed by atoms with Crippen molar-refractivity contribution < 1.29 is 4.79 Å². The topological polar surface area (TPSA) is 51.3 Å². The van der Waals surface area contributed by atoms with Crippen LogP contribution in [-0.2, 0) is 17.8 Å². The lowest BCUT2D eigenvalue weighted by Crippen LogP contribution is -2.38. The zero-order valence-electron chi connectivity index (χ0n) is 12.4. The highest BCUT2D eigenvalue weighted by Crippen LogP contribution is 2.30. The van der Waals surface area contributed by atoms with Crippen LogP contribution < -0.4 is 5.73 Å². The van der Waals surface area contributed by atoms with Crippen LogP contribution in [0.2, 0.25) is 0 Å². The molecule has 1 aliphatic carbocycles. The van der Waals surface area contributed by atoms with Crippen molar-refractivity contribution in [1.82, 2.24) is 9.47 Å². The van der Waals surface area contributed by atoms with Crippen LogP contribution in [0.25, 0.3) is 0 Å². The number of amides is 1. The van der Waals surface area contributed by atoms with E-state index in [-0.39, 0.29) is 11.9 Å². The number of fused-ring (bicyclic) bond motifs is 1. The molecule has 4 heteroatoms. The van der Waals surface area contributed by atoms with Gasteiger partial charge in [0.25, 0.3) is 0 Å². The Kier molecular flexibility index (Phi) is 3.83. The Bertz CT molecular complexity index is 500. The van der Waals surface area contributed by atoms with Crippen molar-refractivity contribution in [3.8, 4) is 0 Å². The number of nitrogens with two attached hydrogens (primary N) is 1. The SMILES string of the molecule is Cc1cc2c(n1CC(=O)N1CCCCC1)CCCC2N. The van der Waals surface area contributed by atoms with E-state index in [0.29, 0.717) is 6.54 Å². The summed E-state index contributed by atoms with van der Waals surface area (Å²) in [5, 5.41) is 0. The molecule has 0 spiro atoms. The van der Waals surface area contributed by atoms with Gasteiger partial charge in [-0.1, -0.05) is 0 Å². The van der Waals surface area contributed by atoms with Gasteiger partial charge in [-0.25, -0.2) is 0 Å². The molecule has 2 heterocycles. The maximum Gasteiger partial charge on any atom is 0.242 e. The smallest absolute Gasteiger partial charge is 0.242 e. The molecule has 1 atom stereocenters. The lowest BCUT2D eigenvalue weighted by atomic mass is 9.93. The minimum absolute atomic E-state index is 0.156. The molecule has 0 aromatic carbocycles. The average Bonchev–Trinajstić information content (AvgIpc) is 2.78. The maximum atomic E-state index is 12.5. The molecule has 2 N–H and O–H groups in total. The van der Waals surface area contributed by atoms with E-state index in [0.717, 1.165) is 45.2 Å². The normalized spacial score (nSPS) is 22.7. The molecule has 0 radical (unpaired) electrons. The molecule has 4 nitrogen and oxygen atoms in total. The molecule has 1 amide bonds. The molecule has 2 aliphatic rings. The molecule has 110 valence electrons. The fourth-order valence-electron chi connectivity index (χ4n) is 3.60. The van der Waals surface area contributed by atoms with Crippen LogP contribution in [0.15, 0.2) is 6.07 Å². The summed E-state index contributed by atoms with van der Waals surface area (Å²) in [4.78, 5) is 14.5. The minimum atomic E-state index is 0.156. The van der Waals surface area contributed by atoms with Crippen molar-refractivity contribution in [3.63, 3.8) is 0 Å². The van der Waals surface area contributed by atoms with E-state index in [9.17, 15) is 4.79 Å². The third-order valence-corrected chi connectivity index (χ3v) is 4.78. The van der Waals surface area contributed by atoms with Crippen molar-refractivity contribution in [2.75, 3.05) is 13.1 Å². The zero-order chi connectivity index (χ0) is 14.1. The lowest BCUT2D eigenvalue weighted by molar-refractivity contribution is -0.132. The summed E-state index contributed by atoms with van der Waals surface area (Å²) in [6.07, 6.45) is 6.82.